The van der Waals surface area contributed by atoms with Crippen LogP contribution in [0.2, 0.25) is 10.0 Å². The van der Waals surface area contributed by atoms with Gasteiger partial charge in [-0.25, -0.2) is 0 Å². The van der Waals surface area contributed by atoms with E-state index in [1.54, 1.807) is 19.1 Å². The molecule has 1 aliphatic heterocycles. The van der Waals surface area contributed by atoms with Crippen LogP contribution in [0, 0.1) is 5.92 Å². The molecule has 0 saturated carbocycles. The molecule has 1 aromatic rings. The minimum Gasteiger partial charge on any atom is -0.291 e. The number of amides is 2. The Balaban J connectivity index is 2.31. The predicted molar refractivity (Wildman–Crippen MR) is 100.0 cm³/mol. The fraction of sp³-hybridized carbons (Fsp3) is 0.250. The number of rotatable bonds is 4. The first kappa shape index (κ1) is 18.6. The summed E-state index contributed by atoms with van der Waals surface area (Å²) in [6.07, 6.45) is 1.28. The molecule has 24 heavy (non-hydrogen) atoms. The molecule has 1 atom stereocenters. The Labute approximate surface area is 155 Å². The Bertz CT molecular complexity index is 764. The summed E-state index contributed by atoms with van der Waals surface area (Å²) in [4.78, 5) is 31.7. The second kappa shape index (κ2) is 7.42. The third-order valence-corrected chi connectivity index (χ3v) is 4.38. The number of nitrogens with zero attached hydrogens (tertiary/aromatic N) is 3. The van der Waals surface area contributed by atoms with Crippen molar-refractivity contribution in [3.63, 3.8) is 0 Å². The van der Waals surface area contributed by atoms with Crippen molar-refractivity contribution >= 4 is 64.2 Å². The minimum absolute atomic E-state index is 0.155. The van der Waals surface area contributed by atoms with Crippen LogP contribution in [-0.2, 0) is 9.59 Å². The first-order valence-corrected chi connectivity index (χ1v) is 8.15. The minimum atomic E-state index is -1.06. The van der Waals surface area contributed by atoms with E-state index in [4.69, 9.17) is 35.4 Å². The van der Waals surface area contributed by atoms with E-state index in [-0.39, 0.29) is 11.7 Å². The Morgan fingerprint density at radius 2 is 2.04 bits per heavy atom. The molecule has 0 bridgehead atoms. The molecule has 1 fully saturated rings. The highest BCUT2D eigenvalue weighted by Gasteiger charge is 2.41. The van der Waals surface area contributed by atoms with E-state index in [1.165, 1.54) is 29.1 Å². The van der Waals surface area contributed by atoms with Crippen molar-refractivity contribution in [1.82, 2.24) is 9.80 Å². The average molecular weight is 384 g/mol. The van der Waals surface area contributed by atoms with Crippen LogP contribution in [-0.4, -0.2) is 46.5 Å². The first-order valence-electron chi connectivity index (χ1n) is 6.99. The fourth-order valence-corrected chi connectivity index (χ4v) is 2.84. The SMILES string of the molecule is C=C(C)CN1C(=O)C(C=Nc2ccc(Cl)cc2Cl)C(=O)N(C)C1=S. The van der Waals surface area contributed by atoms with Crippen LogP contribution < -0.4 is 0 Å². The summed E-state index contributed by atoms with van der Waals surface area (Å²) in [5, 5.41) is 0.959. The molecule has 1 aliphatic rings. The van der Waals surface area contributed by atoms with Crippen LogP contribution in [0.3, 0.4) is 0 Å². The van der Waals surface area contributed by atoms with Crippen molar-refractivity contribution in [1.29, 1.82) is 0 Å². The highest BCUT2D eigenvalue weighted by Crippen LogP contribution is 2.28. The summed E-state index contributed by atoms with van der Waals surface area (Å²) < 4.78 is 0. The topological polar surface area (TPSA) is 53.0 Å². The van der Waals surface area contributed by atoms with E-state index >= 15 is 0 Å². The van der Waals surface area contributed by atoms with Gasteiger partial charge in [0, 0.05) is 24.8 Å². The van der Waals surface area contributed by atoms with Gasteiger partial charge in [0.15, 0.2) is 11.0 Å². The molecule has 8 heteroatoms. The zero-order valence-corrected chi connectivity index (χ0v) is 15.5. The maximum Gasteiger partial charge on any atom is 0.247 e. The Morgan fingerprint density at radius 3 is 2.62 bits per heavy atom. The summed E-state index contributed by atoms with van der Waals surface area (Å²) in [6.45, 7) is 5.81. The molecule has 0 aromatic heterocycles. The molecule has 5 nitrogen and oxygen atoms in total. The van der Waals surface area contributed by atoms with Gasteiger partial charge in [-0.05, 0) is 37.3 Å². The lowest BCUT2D eigenvalue weighted by Crippen LogP contribution is -2.58. The van der Waals surface area contributed by atoms with Crippen LogP contribution >= 0.6 is 35.4 Å². The number of carbonyl (C=O) groups is 2. The molecular weight excluding hydrogens is 369 g/mol. The Morgan fingerprint density at radius 1 is 1.38 bits per heavy atom. The third-order valence-electron chi connectivity index (χ3n) is 3.35. The van der Waals surface area contributed by atoms with Gasteiger partial charge in [0.2, 0.25) is 11.8 Å². The van der Waals surface area contributed by atoms with Crippen LogP contribution in [0.4, 0.5) is 5.69 Å². The largest absolute Gasteiger partial charge is 0.291 e. The van der Waals surface area contributed by atoms with E-state index in [2.05, 4.69) is 11.6 Å². The standard InChI is InChI=1S/C16H15Cl2N3O2S/c1-9(2)8-21-15(23)11(14(22)20(3)16(21)24)7-19-13-5-4-10(17)6-12(13)18/h4-7,11H,1,8H2,2-3H3. The second-order valence-electron chi connectivity index (χ2n) is 5.41. The van der Waals surface area contributed by atoms with Crippen molar-refractivity contribution < 1.29 is 9.59 Å². The maximum atomic E-state index is 12.6. The van der Waals surface area contributed by atoms with Gasteiger partial charge in [-0.15, -0.1) is 0 Å². The zero-order valence-electron chi connectivity index (χ0n) is 13.1. The quantitative estimate of drug-likeness (QED) is 0.346. The molecule has 2 amide bonds. The number of hydrogen-bond acceptors (Lipinski definition) is 4. The summed E-state index contributed by atoms with van der Waals surface area (Å²) in [5.74, 6) is -1.93. The highest BCUT2D eigenvalue weighted by atomic mass is 35.5. The third kappa shape index (κ3) is 3.83. The Kier molecular flexibility index (Phi) is 5.74. The molecule has 0 N–H and O–H groups in total. The van der Waals surface area contributed by atoms with E-state index in [1.807, 2.05) is 0 Å². The average Bonchev–Trinajstić information content (AvgIpc) is 2.51. The van der Waals surface area contributed by atoms with Crippen LogP contribution in [0.15, 0.2) is 35.3 Å². The van der Waals surface area contributed by atoms with Gasteiger partial charge < -0.3 is 0 Å². The van der Waals surface area contributed by atoms with E-state index in [9.17, 15) is 9.59 Å². The molecule has 1 heterocycles. The number of carbonyl (C=O) groups excluding carboxylic acids is 2. The van der Waals surface area contributed by atoms with Crippen molar-refractivity contribution in [2.45, 2.75) is 6.92 Å². The zero-order chi connectivity index (χ0) is 18.0. The lowest BCUT2D eigenvalue weighted by Gasteiger charge is -2.36. The molecule has 1 aromatic carbocycles. The fourth-order valence-electron chi connectivity index (χ4n) is 2.14. The number of halogens is 2. The smallest absolute Gasteiger partial charge is 0.247 e. The van der Waals surface area contributed by atoms with Crippen molar-refractivity contribution in [2.75, 3.05) is 13.6 Å². The molecule has 0 aliphatic carbocycles. The van der Waals surface area contributed by atoms with Crippen LogP contribution in [0.1, 0.15) is 6.92 Å². The number of hydrogen-bond donors (Lipinski definition) is 0. The summed E-state index contributed by atoms with van der Waals surface area (Å²) in [5.41, 5.74) is 1.17. The molecule has 1 unspecified atom stereocenters. The van der Waals surface area contributed by atoms with E-state index in [0.717, 1.165) is 5.57 Å². The maximum absolute atomic E-state index is 12.6. The molecular formula is C16H15Cl2N3O2S. The molecule has 0 radical (unpaired) electrons. The van der Waals surface area contributed by atoms with Gasteiger partial charge in [-0.1, -0.05) is 35.4 Å². The number of benzene rings is 1. The van der Waals surface area contributed by atoms with E-state index < -0.39 is 17.7 Å². The molecule has 1 saturated heterocycles. The van der Waals surface area contributed by atoms with Gasteiger partial charge in [-0.2, -0.15) is 0 Å². The predicted octanol–water partition coefficient (Wildman–Crippen LogP) is 3.47. The van der Waals surface area contributed by atoms with Crippen molar-refractivity contribution in [2.24, 2.45) is 10.9 Å². The lowest BCUT2D eigenvalue weighted by atomic mass is 10.1. The molecule has 2 rings (SSSR count). The lowest BCUT2D eigenvalue weighted by molar-refractivity contribution is -0.142. The monoisotopic (exact) mass is 383 g/mol. The van der Waals surface area contributed by atoms with Crippen molar-refractivity contribution in [3.05, 3.63) is 40.4 Å². The highest BCUT2D eigenvalue weighted by molar-refractivity contribution is 7.80. The molecule has 0 spiro atoms. The normalized spacial score (nSPS) is 18.7. The van der Waals surface area contributed by atoms with Gasteiger partial charge in [0.1, 0.15) is 0 Å². The van der Waals surface area contributed by atoms with E-state index in [0.29, 0.717) is 15.7 Å². The first-order chi connectivity index (χ1) is 11.2. The van der Waals surface area contributed by atoms with Gasteiger partial charge in [0.05, 0.1) is 10.7 Å². The van der Waals surface area contributed by atoms with Crippen LogP contribution in [0.25, 0.3) is 0 Å². The van der Waals surface area contributed by atoms with Gasteiger partial charge >= 0.3 is 0 Å². The van der Waals surface area contributed by atoms with Gasteiger partial charge in [0.25, 0.3) is 0 Å². The summed E-state index contributed by atoms with van der Waals surface area (Å²) in [7, 11) is 1.53. The number of aliphatic imine (C=N–C) groups is 1. The Hall–Kier alpha value is -1.76. The summed E-state index contributed by atoms with van der Waals surface area (Å²) in [6, 6.07) is 4.77. The second-order valence-corrected chi connectivity index (χ2v) is 6.62. The summed E-state index contributed by atoms with van der Waals surface area (Å²) >= 11 is 17.1. The molecule has 126 valence electrons. The van der Waals surface area contributed by atoms with Gasteiger partial charge in [-0.3, -0.25) is 24.4 Å². The van der Waals surface area contributed by atoms with Crippen LogP contribution in [0.5, 0.6) is 0 Å². The van der Waals surface area contributed by atoms with Crippen molar-refractivity contribution in [3.8, 4) is 0 Å². The number of thiocarbonyl (C=S) groups is 1.